The summed E-state index contributed by atoms with van der Waals surface area (Å²) in [6, 6.07) is 5.10. The van der Waals surface area contributed by atoms with Crippen molar-refractivity contribution in [1.82, 2.24) is 9.97 Å². The monoisotopic (exact) mass is 190 g/mol. The molecule has 1 amide bonds. The minimum Gasteiger partial charge on any atom is -0.366 e. The van der Waals surface area contributed by atoms with Gasteiger partial charge < -0.3 is 16.0 Å². The number of fused-ring (bicyclic) bond motifs is 1. The predicted octanol–water partition coefficient (Wildman–Crippen LogP) is 0.704. The van der Waals surface area contributed by atoms with Crippen LogP contribution in [-0.2, 0) is 0 Å². The molecule has 0 aliphatic rings. The van der Waals surface area contributed by atoms with Gasteiger partial charge in [0, 0.05) is 12.6 Å². The molecule has 72 valence electrons. The lowest BCUT2D eigenvalue weighted by Gasteiger charge is -1.93. The first-order chi connectivity index (χ1) is 6.70. The van der Waals surface area contributed by atoms with E-state index in [4.69, 9.17) is 5.73 Å². The van der Waals surface area contributed by atoms with E-state index in [0.717, 1.165) is 11.0 Å². The molecular weight excluding hydrogens is 180 g/mol. The first-order valence-corrected chi connectivity index (χ1v) is 4.18. The third-order valence-corrected chi connectivity index (χ3v) is 2.00. The third kappa shape index (κ3) is 1.28. The number of carbonyl (C=O) groups is 1. The zero-order valence-electron chi connectivity index (χ0n) is 7.66. The molecule has 0 atom stereocenters. The molecule has 0 saturated carbocycles. The van der Waals surface area contributed by atoms with Crippen LogP contribution in [-0.4, -0.2) is 22.9 Å². The molecule has 2 rings (SSSR count). The maximum Gasteiger partial charge on any atom is 0.248 e. The number of nitrogens with one attached hydrogen (secondary N) is 2. The number of benzene rings is 1. The number of nitrogens with two attached hydrogens (primary N) is 1. The van der Waals surface area contributed by atoms with E-state index in [1.807, 2.05) is 0 Å². The molecule has 5 nitrogen and oxygen atoms in total. The van der Waals surface area contributed by atoms with Gasteiger partial charge in [0.25, 0.3) is 0 Å². The maximum atomic E-state index is 10.9. The summed E-state index contributed by atoms with van der Waals surface area (Å²) in [6.07, 6.45) is 0. The Morgan fingerprint density at radius 3 is 3.00 bits per heavy atom. The topological polar surface area (TPSA) is 83.8 Å². The first kappa shape index (κ1) is 8.55. The first-order valence-electron chi connectivity index (χ1n) is 4.18. The number of rotatable bonds is 2. The average molecular weight is 190 g/mol. The summed E-state index contributed by atoms with van der Waals surface area (Å²) in [7, 11) is 1.77. The molecule has 14 heavy (non-hydrogen) atoms. The quantitative estimate of drug-likeness (QED) is 0.651. The molecule has 0 bridgehead atoms. The van der Waals surface area contributed by atoms with Crippen LogP contribution in [0.15, 0.2) is 18.2 Å². The summed E-state index contributed by atoms with van der Waals surface area (Å²) in [6.45, 7) is 0. The van der Waals surface area contributed by atoms with Gasteiger partial charge in [0.15, 0.2) is 0 Å². The number of carbonyl (C=O) groups excluding carboxylic acids is 1. The molecule has 0 aliphatic heterocycles. The van der Waals surface area contributed by atoms with Crippen LogP contribution in [0.2, 0.25) is 0 Å². The Morgan fingerprint density at radius 2 is 2.36 bits per heavy atom. The van der Waals surface area contributed by atoms with Crippen LogP contribution in [0.25, 0.3) is 11.0 Å². The second-order valence-corrected chi connectivity index (χ2v) is 2.93. The van der Waals surface area contributed by atoms with Crippen molar-refractivity contribution in [2.45, 2.75) is 0 Å². The van der Waals surface area contributed by atoms with Gasteiger partial charge in [-0.25, -0.2) is 4.98 Å². The highest BCUT2D eigenvalue weighted by Crippen LogP contribution is 2.15. The van der Waals surface area contributed by atoms with E-state index in [0.29, 0.717) is 11.5 Å². The predicted molar refractivity (Wildman–Crippen MR) is 54.2 cm³/mol. The number of imidazole rings is 1. The van der Waals surface area contributed by atoms with Crippen LogP contribution in [0.3, 0.4) is 0 Å². The lowest BCUT2D eigenvalue weighted by atomic mass is 10.2. The molecule has 5 heteroatoms. The van der Waals surface area contributed by atoms with E-state index in [1.54, 1.807) is 25.2 Å². The van der Waals surface area contributed by atoms with Crippen molar-refractivity contribution in [2.75, 3.05) is 12.4 Å². The van der Waals surface area contributed by atoms with Crippen molar-refractivity contribution in [3.8, 4) is 0 Å². The fourth-order valence-electron chi connectivity index (χ4n) is 1.28. The lowest BCUT2D eigenvalue weighted by Crippen LogP contribution is -2.10. The Balaban J connectivity index is 2.59. The minimum atomic E-state index is -0.437. The number of hydrogen-bond acceptors (Lipinski definition) is 3. The average Bonchev–Trinajstić information content (AvgIpc) is 2.58. The number of H-pyrrole nitrogens is 1. The maximum absolute atomic E-state index is 10.9. The van der Waals surface area contributed by atoms with Crippen LogP contribution in [0, 0.1) is 0 Å². The van der Waals surface area contributed by atoms with Gasteiger partial charge >= 0.3 is 0 Å². The van der Waals surface area contributed by atoms with Crippen molar-refractivity contribution in [3.63, 3.8) is 0 Å². The Morgan fingerprint density at radius 1 is 1.57 bits per heavy atom. The SMILES string of the molecule is CNc1nc2ccc(C(N)=O)cc2[nH]1. The van der Waals surface area contributed by atoms with E-state index in [2.05, 4.69) is 15.3 Å². The van der Waals surface area contributed by atoms with Gasteiger partial charge in [0.2, 0.25) is 11.9 Å². The van der Waals surface area contributed by atoms with Gasteiger partial charge in [-0.1, -0.05) is 0 Å². The lowest BCUT2D eigenvalue weighted by molar-refractivity contribution is 0.100. The molecule has 4 N–H and O–H groups in total. The smallest absolute Gasteiger partial charge is 0.248 e. The highest BCUT2D eigenvalue weighted by molar-refractivity contribution is 5.96. The molecule has 0 saturated heterocycles. The van der Waals surface area contributed by atoms with Crippen molar-refractivity contribution in [2.24, 2.45) is 5.73 Å². The van der Waals surface area contributed by atoms with Gasteiger partial charge in [0.1, 0.15) is 0 Å². The summed E-state index contributed by atoms with van der Waals surface area (Å²) in [5, 5.41) is 2.88. The highest BCUT2D eigenvalue weighted by Gasteiger charge is 2.04. The van der Waals surface area contributed by atoms with E-state index >= 15 is 0 Å². The minimum absolute atomic E-state index is 0.437. The number of anilines is 1. The van der Waals surface area contributed by atoms with E-state index in [-0.39, 0.29) is 0 Å². The van der Waals surface area contributed by atoms with Crippen molar-refractivity contribution >= 4 is 22.9 Å². The molecular formula is C9H10N4O. The van der Waals surface area contributed by atoms with E-state index in [9.17, 15) is 4.79 Å². The summed E-state index contributed by atoms with van der Waals surface area (Å²) in [4.78, 5) is 18.1. The van der Waals surface area contributed by atoms with Crippen LogP contribution in [0.1, 0.15) is 10.4 Å². The number of amides is 1. The Labute approximate surface area is 80.3 Å². The summed E-state index contributed by atoms with van der Waals surface area (Å²) in [5.41, 5.74) is 7.23. The largest absolute Gasteiger partial charge is 0.366 e. The molecule has 2 aromatic rings. The molecule has 1 aromatic heterocycles. The molecule has 1 aromatic carbocycles. The molecule has 1 heterocycles. The molecule has 0 fully saturated rings. The highest BCUT2D eigenvalue weighted by atomic mass is 16.1. The van der Waals surface area contributed by atoms with Crippen molar-refractivity contribution in [3.05, 3.63) is 23.8 Å². The number of hydrogen-bond donors (Lipinski definition) is 3. The second kappa shape index (κ2) is 3.02. The molecule has 0 radical (unpaired) electrons. The molecule has 0 unspecified atom stereocenters. The molecule has 0 spiro atoms. The summed E-state index contributed by atoms with van der Waals surface area (Å²) >= 11 is 0. The van der Waals surface area contributed by atoms with Crippen LogP contribution >= 0.6 is 0 Å². The fraction of sp³-hybridized carbons (Fsp3) is 0.111. The van der Waals surface area contributed by atoms with Crippen LogP contribution in [0.5, 0.6) is 0 Å². The summed E-state index contributed by atoms with van der Waals surface area (Å²) < 4.78 is 0. The van der Waals surface area contributed by atoms with Gasteiger partial charge in [-0.3, -0.25) is 4.79 Å². The fourth-order valence-corrected chi connectivity index (χ4v) is 1.28. The van der Waals surface area contributed by atoms with Gasteiger partial charge in [-0.05, 0) is 18.2 Å². The number of aromatic nitrogens is 2. The standard InChI is InChI=1S/C9H10N4O/c1-11-9-12-6-3-2-5(8(10)14)4-7(6)13-9/h2-4H,1H3,(H2,10,14)(H2,11,12,13). The van der Waals surface area contributed by atoms with Gasteiger partial charge in [-0.2, -0.15) is 0 Å². The normalized spacial score (nSPS) is 10.4. The van der Waals surface area contributed by atoms with E-state index < -0.39 is 5.91 Å². The zero-order valence-corrected chi connectivity index (χ0v) is 7.66. The van der Waals surface area contributed by atoms with Crippen LogP contribution < -0.4 is 11.1 Å². The number of primary amides is 1. The van der Waals surface area contributed by atoms with Gasteiger partial charge in [-0.15, -0.1) is 0 Å². The number of nitrogens with zero attached hydrogens (tertiary/aromatic N) is 1. The van der Waals surface area contributed by atoms with Crippen molar-refractivity contribution < 1.29 is 4.79 Å². The summed E-state index contributed by atoms with van der Waals surface area (Å²) in [5.74, 6) is 0.231. The molecule has 0 aliphatic carbocycles. The Kier molecular flexibility index (Phi) is 1.85. The zero-order chi connectivity index (χ0) is 10.1. The van der Waals surface area contributed by atoms with E-state index in [1.165, 1.54) is 0 Å². The van der Waals surface area contributed by atoms with Crippen LogP contribution in [0.4, 0.5) is 5.95 Å². The second-order valence-electron chi connectivity index (χ2n) is 2.93. The Hall–Kier alpha value is -2.04. The third-order valence-electron chi connectivity index (χ3n) is 2.00. The van der Waals surface area contributed by atoms with Crippen molar-refractivity contribution in [1.29, 1.82) is 0 Å². The number of aromatic amines is 1. The van der Waals surface area contributed by atoms with Gasteiger partial charge in [0.05, 0.1) is 11.0 Å². The Bertz CT molecular complexity index is 489.